The molecule has 0 unspecified atom stereocenters. The minimum atomic E-state index is -3.88. The molecule has 0 aliphatic heterocycles. The molecule has 0 amide bonds. The largest absolute Gasteiger partial charge is 0.412 e. The predicted molar refractivity (Wildman–Crippen MR) is 112 cm³/mol. The molecule has 0 aliphatic carbocycles. The number of rotatable bonds is 7. The van der Waals surface area contributed by atoms with E-state index in [4.69, 9.17) is 4.43 Å². The first-order valence-corrected chi connectivity index (χ1v) is 13.2. The third kappa shape index (κ3) is 5.18. The Morgan fingerprint density at radius 2 is 1.64 bits per heavy atom. The molecule has 1 N–H and O–H groups in total. The van der Waals surface area contributed by atoms with Crippen LogP contribution in [0.4, 0.5) is 11.4 Å². The summed E-state index contributed by atoms with van der Waals surface area (Å²) in [6.45, 7) is 11.0. The van der Waals surface area contributed by atoms with Crippen molar-refractivity contribution >= 4 is 29.7 Å². The first-order chi connectivity index (χ1) is 12.8. The topological polar surface area (TPSA) is 98.5 Å². The Labute approximate surface area is 167 Å². The van der Waals surface area contributed by atoms with Gasteiger partial charge in [-0.3, -0.25) is 14.8 Å². The zero-order valence-corrected chi connectivity index (χ0v) is 18.5. The minimum Gasteiger partial charge on any atom is -0.412 e. The Hall–Kier alpha value is -2.23. The molecule has 0 heterocycles. The van der Waals surface area contributed by atoms with Gasteiger partial charge in [-0.1, -0.05) is 39.0 Å². The number of nitrogens with zero attached hydrogens (tertiary/aromatic N) is 1. The van der Waals surface area contributed by atoms with Gasteiger partial charge >= 0.3 is 0 Å². The molecule has 0 radical (unpaired) electrons. The lowest BCUT2D eigenvalue weighted by molar-refractivity contribution is -0.384. The van der Waals surface area contributed by atoms with Gasteiger partial charge in [0, 0.05) is 17.7 Å². The Bertz CT molecular complexity index is 951. The summed E-state index contributed by atoms with van der Waals surface area (Å²) in [7, 11) is -5.87. The molecule has 28 heavy (non-hydrogen) atoms. The van der Waals surface area contributed by atoms with Crippen LogP contribution in [0.3, 0.4) is 0 Å². The van der Waals surface area contributed by atoms with E-state index in [1.54, 1.807) is 12.1 Å². The van der Waals surface area contributed by atoms with Gasteiger partial charge < -0.3 is 4.43 Å². The molecular weight excluding hydrogens is 396 g/mol. The lowest BCUT2D eigenvalue weighted by Crippen LogP contribution is -2.40. The zero-order chi connectivity index (χ0) is 21.2. The van der Waals surface area contributed by atoms with Crippen molar-refractivity contribution in [1.82, 2.24) is 0 Å². The molecule has 2 aromatic rings. The zero-order valence-electron chi connectivity index (χ0n) is 16.7. The van der Waals surface area contributed by atoms with Gasteiger partial charge in [-0.25, -0.2) is 8.42 Å². The molecule has 0 saturated carbocycles. The second-order valence-corrected chi connectivity index (χ2v) is 14.6. The second kappa shape index (κ2) is 8.02. The van der Waals surface area contributed by atoms with Crippen LogP contribution in [-0.2, 0) is 21.1 Å². The number of para-hydroxylation sites is 1. The molecule has 2 aromatic carbocycles. The number of anilines is 1. The van der Waals surface area contributed by atoms with Crippen LogP contribution in [0.5, 0.6) is 0 Å². The molecular formula is C19H26N2O5SSi. The maximum atomic E-state index is 12.7. The van der Waals surface area contributed by atoms with Crippen LogP contribution in [0, 0.1) is 10.1 Å². The van der Waals surface area contributed by atoms with Crippen molar-refractivity contribution in [1.29, 1.82) is 0 Å². The van der Waals surface area contributed by atoms with E-state index in [-0.39, 0.29) is 15.6 Å². The second-order valence-electron chi connectivity index (χ2n) is 8.06. The predicted octanol–water partition coefficient (Wildman–Crippen LogP) is 4.92. The number of nitrogens with one attached hydrogen (secondary N) is 1. The Balaban J connectivity index is 2.23. The van der Waals surface area contributed by atoms with Gasteiger partial charge in [-0.05, 0) is 36.3 Å². The van der Waals surface area contributed by atoms with Gasteiger partial charge in [-0.15, -0.1) is 0 Å². The molecule has 0 atom stereocenters. The van der Waals surface area contributed by atoms with Gasteiger partial charge in [0.05, 0.1) is 22.1 Å². The molecule has 152 valence electrons. The standard InChI is InChI=1S/C19H26N2O5SSi/c1-19(2,3)28(4,5)26-14-15-8-6-7-9-18(15)20-27(24,25)17-12-10-16(11-13-17)21(22)23/h6-13,20H,14H2,1-5H3. The van der Waals surface area contributed by atoms with Crippen LogP contribution in [0.25, 0.3) is 0 Å². The van der Waals surface area contributed by atoms with Gasteiger partial charge in [0.1, 0.15) is 0 Å². The molecule has 0 aromatic heterocycles. The van der Waals surface area contributed by atoms with Gasteiger partial charge in [0.15, 0.2) is 8.32 Å². The molecule has 0 aliphatic rings. The lowest BCUT2D eigenvalue weighted by atomic mass is 10.2. The highest BCUT2D eigenvalue weighted by atomic mass is 32.2. The van der Waals surface area contributed by atoms with Gasteiger partial charge in [0.25, 0.3) is 15.7 Å². The van der Waals surface area contributed by atoms with Gasteiger partial charge in [0.2, 0.25) is 0 Å². The first kappa shape index (κ1) is 22.1. The molecule has 0 fully saturated rings. The van der Waals surface area contributed by atoms with Crippen LogP contribution < -0.4 is 4.72 Å². The Morgan fingerprint density at radius 1 is 1.07 bits per heavy atom. The van der Waals surface area contributed by atoms with Crippen molar-refractivity contribution in [3.8, 4) is 0 Å². The smallest absolute Gasteiger partial charge is 0.269 e. The van der Waals surface area contributed by atoms with E-state index in [1.807, 2.05) is 12.1 Å². The highest BCUT2D eigenvalue weighted by Gasteiger charge is 2.37. The van der Waals surface area contributed by atoms with E-state index in [9.17, 15) is 18.5 Å². The van der Waals surface area contributed by atoms with Crippen molar-refractivity contribution in [2.45, 2.75) is 50.4 Å². The average molecular weight is 423 g/mol. The fraction of sp³-hybridized carbons (Fsp3) is 0.368. The molecule has 0 saturated heterocycles. The normalized spacial score (nSPS) is 12.6. The number of hydrogen-bond donors (Lipinski definition) is 1. The molecule has 7 nitrogen and oxygen atoms in total. The number of sulfonamides is 1. The highest BCUT2D eigenvalue weighted by molar-refractivity contribution is 7.92. The molecule has 9 heteroatoms. The summed E-state index contributed by atoms with van der Waals surface area (Å²) < 4.78 is 34.1. The van der Waals surface area contributed by atoms with Crippen LogP contribution in [0.15, 0.2) is 53.4 Å². The lowest BCUT2D eigenvalue weighted by Gasteiger charge is -2.36. The maximum Gasteiger partial charge on any atom is 0.269 e. The van der Waals surface area contributed by atoms with E-state index in [0.29, 0.717) is 12.3 Å². The highest BCUT2D eigenvalue weighted by Crippen LogP contribution is 2.37. The monoisotopic (exact) mass is 422 g/mol. The van der Waals surface area contributed by atoms with Crippen LogP contribution >= 0.6 is 0 Å². The summed E-state index contributed by atoms with van der Waals surface area (Å²) in [5, 5.41) is 10.8. The number of non-ortho nitro benzene ring substituents is 1. The summed E-state index contributed by atoms with van der Waals surface area (Å²) in [5.41, 5.74) is 1.000. The molecule has 0 bridgehead atoms. The van der Waals surface area contributed by atoms with Crippen molar-refractivity contribution in [2.24, 2.45) is 0 Å². The summed E-state index contributed by atoms with van der Waals surface area (Å²) >= 11 is 0. The van der Waals surface area contributed by atoms with Crippen LogP contribution in [0.2, 0.25) is 18.1 Å². The fourth-order valence-corrected chi connectivity index (χ4v) is 4.22. The Kier molecular flexibility index (Phi) is 6.32. The first-order valence-electron chi connectivity index (χ1n) is 8.83. The third-order valence-corrected chi connectivity index (χ3v) is 10.9. The van der Waals surface area contributed by atoms with Crippen molar-refractivity contribution in [3.63, 3.8) is 0 Å². The SMILES string of the molecule is CC(C)(C)[Si](C)(C)OCc1ccccc1NS(=O)(=O)c1ccc([N+](=O)[O-])cc1. The van der Waals surface area contributed by atoms with E-state index in [1.165, 1.54) is 24.3 Å². The van der Waals surface area contributed by atoms with Crippen molar-refractivity contribution in [2.75, 3.05) is 4.72 Å². The van der Waals surface area contributed by atoms with Crippen molar-refractivity contribution in [3.05, 3.63) is 64.2 Å². The van der Waals surface area contributed by atoms with Gasteiger partial charge in [-0.2, -0.15) is 0 Å². The van der Waals surface area contributed by atoms with E-state index in [2.05, 4.69) is 38.6 Å². The van der Waals surface area contributed by atoms with Crippen molar-refractivity contribution < 1.29 is 17.8 Å². The summed E-state index contributed by atoms with van der Waals surface area (Å²) in [5.74, 6) is 0. The number of nitro benzene ring substituents is 1. The quantitative estimate of drug-likeness (QED) is 0.388. The van der Waals surface area contributed by atoms with Crippen LogP contribution in [0.1, 0.15) is 26.3 Å². The fourth-order valence-electron chi connectivity index (χ4n) is 2.17. The van der Waals surface area contributed by atoms with Crippen LogP contribution in [-0.4, -0.2) is 21.7 Å². The molecule has 2 rings (SSSR count). The average Bonchev–Trinajstić information content (AvgIpc) is 2.60. The molecule has 0 spiro atoms. The van der Waals surface area contributed by atoms with E-state index < -0.39 is 23.3 Å². The number of benzene rings is 2. The van der Waals surface area contributed by atoms with E-state index >= 15 is 0 Å². The minimum absolute atomic E-state index is 0.0419. The Morgan fingerprint density at radius 3 is 2.18 bits per heavy atom. The number of hydrogen-bond acceptors (Lipinski definition) is 5. The summed E-state index contributed by atoms with van der Waals surface area (Å²) in [4.78, 5) is 10.1. The summed E-state index contributed by atoms with van der Waals surface area (Å²) in [6.07, 6.45) is 0. The maximum absolute atomic E-state index is 12.7. The number of nitro groups is 1. The third-order valence-electron chi connectivity index (χ3n) is 5.01. The van der Waals surface area contributed by atoms with E-state index in [0.717, 1.165) is 5.56 Å². The summed E-state index contributed by atoms with van der Waals surface area (Å²) in [6, 6.07) is 11.8.